The van der Waals surface area contributed by atoms with E-state index >= 15 is 0 Å². The largest absolute Gasteiger partial charge is 0.506 e. The fourth-order valence-corrected chi connectivity index (χ4v) is 3.13. The number of nitrogens with zero attached hydrogens (tertiary/aromatic N) is 1. The predicted octanol–water partition coefficient (Wildman–Crippen LogP) is 3.61. The zero-order valence-electron chi connectivity index (χ0n) is 14.9. The molecule has 2 N–H and O–H groups in total. The lowest BCUT2D eigenvalue weighted by Gasteiger charge is -2.17. The van der Waals surface area contributed by atoms with Crippen molar-refractivity contribution in [2.75, 3.05) is 0 Å². The number of carbonyl (C=O) groups excluding carboxylic acids is 1. The second-order valence-corrected chi connectivity index (χ2v) is 6.30. The van der Waals surface area contributed by atoms with Crippen LogP contribution >= 0.6 is 0 Å². The van der Waals surface area contributed by atoms with Gasteiger partial charge in [0.25, 0.3) is 11.5 Å². The number of nitrogens with one attached hydrogen (secondary N) is 1. The second kappa shape index (κ2) is 7.44. The number of hydrogen-bond acceptors (Lipinski definition) is 3. The summed E-state index contributed by atoms with van der Waals surface area (Å²) in [6.07, 6.45) is 0.746. The lowest BCUT2D eigenvalue weighted by molar-refractivity contribution is 0.0935. The van der Waals surface area contributed by atoms with E-state index in [9.17, 15) is 14.7 Å². The number of carbonyl (C=O) groups is 1. The molecule has 2 aromatic carbocycles. The molecule has 0 bridgehead atoms. The fraction of sp³-hybridized carbons (Fsp3) is 0.238. The van der Waals surface area contributed by atoms with Gasteiger partial charge in [-0.25, -0.2) is 0 Å². The zero-order chi connectivity index (χ0) is 18.7. The van der Waals surface area contributed by atoms with E-state index in [-0.39, 0.29) is 17.4 Å². The monoisotopic (exact) mass is 350 g/mol. The van der Waals surface area contributed by atoms with Crippen LogP contribution < -0.4 is 10.9 Å². The fourth-order valence-electron chi connectivity index (χ4n) is 3.13. The third kappa shape index (κ3) is 3.20. The molecule has 0 saturated heterocycles. The molecule has 0 radical (unpaired) electrons. The average molecular weight is 350 g/mol. The molecule has 3 rings (SSSR count). The highest BCUT2D eigenvalue weighted by Gasteiger charge is 2.23. The number of benzene rings is 2. The molecule has 1 aromatic heterocycles. The zero-order valence-corrected chi connectivity index (χ0v) is 14.9. The minimum atomic E-state index is -0.570. The van der Waals surface area contributed by atoms with Gasteiger partial charge in [0.15, 0.2) is 0 Å². The first-order valence-electron chi connectivity index (χ1n) is 8.75. The van der Waals surface area contributed by atoms with Gasteiger partial charge in [0.2, 0.25) is 0 Å². The highest BCUT2D eigenvalue weighted by atomic mass is 16.3. The first kappa shape index (κ1) is 17.7. The summed E-state index contributed by atoms with van der Waals surface area (Å²) in [5.74, 6) is -0.838. The average Bonchev–Trinajstić information content (AvgIpc) is 2.66. The molecule has 134 valence electrons. The van der Waals surface area contributed by atoms with Crippen molar-refractivity contribution in [1.29, 1.82) is 0 Å². The Morgan fingerprint density at radius 2 is 1.77 bits per heavy atom. The normalized spacial score (nSPS) is 12.1. The summed E-state index contributed by atoms with van der Waals surface area (Å²) in [6.45, 7) is 4.29. The maximum atomic E-state index is 12.9. The quantitative estimate of drug-likeness (QED) is 0.738. The van der Waals surface area contributed by atoms with Gasteiger partial charge in [0.1, 0.15) is 11.3 Å². The number of para-hydroxylation sites is 1. The maximum Gasteiger partial charge on any atom is 0.267 e. The summed E-state index contributed by atoms with van der Waals surface area (Å²) in [6, 6.07) is 16.3. The lowest BCUT2D eigenvalue weighted by atomic mass is 10.1. The summed E-state index contributed by atoms with van der Waals surface area (Å²) in [7, 11) is 0. The molecule has 0 aliphatic heterocycles. The van der Waals surface area contributed by atoms with Crippen molar-refractivity contribution in [1.82, 2.24) is 9.88 Å². The smallest absolute Gasteiger partial charge is 0.267 e. The van der Waals surface area contributed by atoms with Crippen LogP contribution in [0.1, 0.15) is 42.2 Å². The molecule has 5 heteroatoms. The van der Waals surface area contributed by atoms with Crippen LogP contribution in [0, 0.1) is 0 Å². The van der Waals surface area contributed by atoms with Crippen LogP contribution in [0.2, 0.25) is 0 Å². The highest BCUT2D eigenvalue weighted by molar-refractivity contribution is 6.02. The molecule has 0 aliphatic carbocycles. The van der Waals surface area contributed by atoms with Crippen LogP contribution in [0.25, 0.3) is 10.9 Å². The first-order valence-corrected chi connectivity index (χ1v) is 8.75. The highest BCUT2D eigenvalue weighted by Crippen LogP contribution is 2.26. The van der Waals surface area contributed by atoms with Gasteiger partial charge in [-0.3, -0.25) is 9.59 Å². The second-order valence-electron chi connectivity index (χ2n) is 6.30. The number of aromatic nitrogens is 1. The SMILES string of the molecule is CCCn1c(=O)c(C(=O)N[C@H](C)c2ccccc2)c(O)c2ccccc21. The molecule has 1 amide bonds. The predicted molar refractivity (Wildman–Crippen MR) is 102 cm³/mol. The van der Waals surface area contributed by atoms with Crippen LogP contribution in [0.5, 0.6) is 5.75 Å². The first-order chi connectivity index (χ1) is 12.5. The van der Waals surface area contributed by atoms with E-state index < -0.39 is 11.5 Å². The summed E-state index contributed by atoms with van der Waals surface area (Å²) in [5.41, 5.74) is 0.875. The number of pyridine rings is 1. The Morgan fingerprint density at radius 3 is 2.46 bits per heavy atom. The molecule has 26 heavy (non-hydrogen) atoms. The van der Waals surface area contributed by atoms with Gasteiger partial charge in [-0.05, 0) is 31.0 Å². The van der Waals surface area contributed by atoms with Gasteiger partial charge in [-0.2, -0.15) is 0 Å². The van der Waals surface area contributed by atoms with E-state index in [2.05, 4.69) is 5.32 Å². The Bertz CT molecular complexity index is 993. The Kier molecular flexibility index (Phi) is 5.07. The van der Waals surface area contributed by atoms with Crippen LogP contribution in [-0.2, 0) is 6.54 Å². The molecular weight excluding hydrogens is 328 g/mol. The van der Waals surface area contributed by atoms with Crippen molar-refractivity contribution in [3.63, 3.8) is 0 Å². The number of fused-ring (bicyclic) bond motifs is 1. The van der Waals surface area contributed by atoms with Gasteiger partial charge in [-0.15, -0.1) is 0 Å². The molecule has 5 nitrogen and oxygen atoms in total. The van der Waals surface area contributed by atoms with Crippen molar-refractivity contribution in [2.45, 2.75) is 32.9 Å². The molecule has 0 aliphatic rings. The topological polar surface area (TPSA) is 71.3 Å². The molecule has 3 aromatic rings. The van der Waals surface area contributed by atoms with Crippen molar-refractivity contribution in [3.05, 3.63) is 76.1 Å². The third-order valence-corrected chi connectivity index (χ3v) is 4.47. The Labute approximate surface area is 151 Å². The van der Waals surface area contributed by atoms with E-state index in [1.807, 2.05) is 50.2 Å². The van der Waals surface area contributed by atoms with Crippen LogP contribution in [0.4, 0.5) is 0 Å². The molecule has 0 unspecified atom stereocenters. The van der Waals surface area contributed by atoms with Crippen LogP contribution in [0.15, 0.2) is 59.4 Å². The Morgan fingerprint density at radius 1 is 1.12 bits per heavy atom. The van der Waals surface area contributed by atoms with E-state index in [0.717, 1.165) is 12.0 Å². The summed E-state index contributed by atoms with van der Waals surface area (Å²) >= 11 is 0. The maximum absolute atomic E-state index is 12.9. The van der Waals surface area contributed by atoms with Gasteiger partial charge >= 0.3 is 0 Å². The molecular formula is C21H22N2O3. The van der Waals surface area contributed by atoms with E-state index in [1.165, 1.54) is 0 Å². The summed E-state index contributed by atoms with van der Waals surface area (Å²) in [4.78, 5) is 25.7. The molecule has 1 heterocycles. The van der Waals surface area contributed by atoms with Gasteiger partial charge in [-0.1, -0.05) is 49.4 Å². The molecule has 0 saturated carbocycles. The minimum Gasteiger partial charge on any atom is -0.506 e. The minimum absolute atomic E-state index is 0.208. The number of amides is 1. The van der Waals surface area contributed by atoms with Crippen LogP contribution in [-0.4, -0.2) is 15.6 Å². The summed E-state index contributed by atoms with van der Waals surface area (Å²) < 4.78 is 1.55. The summed E-state index contributed by atoms with van der Waals surface area (Å²) in [5, 5.41) is 13.9. The van der Waals surface area contributed by atoms with Gasteiger partial charge in [0, 0.05) is 11.9 Å². The standard InChI is InChI=1S/C21H22N2O3/c1-3-13-23-17-12-8-7-11-16(17)19(24)18(21(23)26)20(25)22-14(2)15-9-5-4-6-10-15/h4-12,14,24H,3,13H2,1-2H3,(H,22,25)/t14-/m1/s1. The molecule has 0 fully saturated rings. The van der Waals surface area contributed by atoms with Crippen molar-refractivity contribution >= 4 is 16.8 Å². The van der Waals surface area contributed by atoms with E-state index in [1.54, 1.807) is 22.8 Å². The van der Waals surface area contributed by atoms with Gasteiger partial charge in [0.05, 0.1) is 11.6 Å². The Hall–Kier alpha value is -3.08. The molecule has 1 atom stereocenters. The Balaban J connectivity index is 2.06. The van der Waals surface area contributed by atoms with Gasteiger partial charge < -0.3 is 15.0 Å². The number of rotatable bonds is 5. The number of aromatic hydroxyl groups is 1. The third-order valence-electron chi connectivity index (χ3n) is 4.47. The van der Waals surface area contributed by atoms with Crippen molar-refractivity contribution < 1.29 is 9.90 Å². The number of aryl methyl sites for hydroxylation is 1. The lowest BCUT2D eigenvalue weighted by Crippen LogP contribution is -2.34. The van der Waals surface area contributed by atoms with E-state index in [4.69, 9.17) is 0 Å². The number of hydrogen-bond donors (Lipinski definition) is 2. The molecule has 0 spiro atoms. The van der Waals surface area contributed by atoms with E-state index in [0.29, 0.717) is 17.4 Å². The van der Waals surface area contributed by atoms with Crippen molar-refractivity contribution in [3.8, 4) is 5.75 Å². The van der Waals surface area contributed by atoms with Crippen molar-refractivity contribution in [2.24, 2.45) is 0 Å². The van der Waals surface area contributed by atoms with Crippen LogP contribution in [0.3, 0.4) is 0 Å².